The van der Waals surface area contributed by atoms with Crippen LogP contribution in [-0.4, -0.2) is 21.1 Å². The van der Waals surface area contributed by atoms with Crippen LogP contribution in [0.1, 0.15) is 5.82 Å². The lowest BCUT2D eigenvalue weighted by molar-refractivity contribution is 0.827. The first kappa shape index (κ1) is 12.3. The molecule has 0 aliphatic heterocycles. The first-order valence-electron chi connectivity index (χ1n) is 6.07. The Hall–Kier alpha value is -1.72. The van der Waals surface area contributed by atoms with Gasteiger partial charge in [-0.3, -0.25) is 4.57 Å². The normalized spacial score (nSPS) is 11.1. The molecule has 1 aromatic carbocycles. The molecule has 0 unspecified atom stereocenters. The topological polar surface area (TPSA) is 56.7 Å². The Labute approximate surface area is 119 Å². The van der Waals surface area contributed by atoms with E-state index in [1.54, 1.807) is 6.20 Å². The van der Waals surface area contributed by atoms with Crippen molar-refractivity contribution in [2.45, 2.75) is 6.42 Å². The monoisotopic (exact) mass is 316 g/mol. The SMILES string of the molecule is NCCc1nccn1-c1nccc2c(Br)cccc12. The van der Waals surface area contributed by atoms with Crippen LogP contribution in [0.3, 0.4) is 0 Å². The molecule has 0 aliphatic carbocycles. The van der Waals surface area contributed by atoms with Gasteiger partial charge in [0.05, 0.1) is 0 Å². The van der Waals surface area contributed by atoms with Gasteiger partial charge in [-0.05, 0) is 18.7 Å². The quantitative estimate of drug-likeness (QED) is 0.808. The highest BCUT2D eigenvalue weighted by Crippen LogP contribution is 2.27. The average molecular weight is 317 g/mol. The summed E-state index contributed by atoms with van der Waals surface area (Å²) in [7, 11) is 0. The van der Waals surface area contributed by atoms with Crippen molar-refractivity contribution in [1.82, 2.24) is 14.5 Å². The molecule has 0 radical (unpaired) electrons. The summed E-state index contributed by atoms with van der Waals surface area (Å²) >= 11 is 3.57. The molecule has 3 rings (SSSR count). The number of fused-ring (bicyclic) bond motifs is 1. The van der Waals surface area contributed by atoms with Crippen LogP contribution >= 0.6 is 15.9 Å². The van der Waals surface area contributed by atoms with Crippen molar-refractivity contribution >= 4 is 26.7 Å². The van der Waals surface area contributed by atoms with E-state index >= 15 is 0 Å². The van der Waals surface area contributed by atoms with E-state index in [0.29, 0.717) is 6.54 Å². The Kier molecular flexibility index (Phi) is 3.31. The van der Waals surface area contributed by atoms with Gasteiger partial charge in [0.25, 0.3) is 0 Å². The second-order valence-electron chi connectivity index (χ2n) is 4.22. The average Bonchev–Trinajstić information content (AvgIpc) is 2.87. The molecule has 0 saturated carbocycles. The molecule has 0 amide bonds. The molecule has 2 heterocycles. The number of nitrogens with zero attached hydrogens (tertiary/aromatic N) is 3. The Morgan fingerprint density at radius 3 is 2.84 bits per heavy atom. The molecule has 0 atom stereocenters. The van der Waals surface area contributed by atoms with E-state index in [1.165, 1.54) is 0 Å². The fourth-order valence-electron chi connectivity index (χ4n) is 2.19. The maximum Gasteiger partial charge on any atom is 0.145 e. The van der Waals surface area contributed by atoms with Gasteiger partial charge in [-0.2, -0.15) is 0 Å². The van der Waals surface area contributed by atoms with E-state index in [2.05, 4.69) is 32.0 Å². The third-order valence-corrected chi connectivity index (χ3v) is 3.74. The standard InChI is InChI=1S/C14H13BrN4/c15-12-3-1-2-11-10(12)5-7-18-14(11)19-9-8-17-13(19)4-6-16/h1-3,5,7-9H,4,6,16H2. The number of hydrogen-bond donors (Lipinski definition) is 1. The Morgan fingerprint density at radius 2 is 2.00 bits per heavy atom. The molecular formula is C14H13BrN4. The van der Waals surface area contributed by atoms with Crippen LogP contribution in [0.25, 0.3) is 16.6 Å². The fraction of sp³-hybridized carbons (Fsp3) is 0.143. The van der Waals surface area contributed by atoms with Crippen molar-refractivity contribution in [2.24, 2.45) is 5.73 Å². The van der Waals surface area contributed by atoms with Crippen molar-refractivity contribution in [3.63, 3.8) is 0 Å². The highest BCUT2D eigenvalue weighted by atomic mass is 79.9. The predicted octanol–water partition coefficient (Wildman–Crippen LogP) is 2.68. The van der Waals surface area contributed by atoms with E-state index < -0.39 is 0 Å². The lowest BCUT2D eigenvalue weighted by Gasteiger charge is -2.10. The minimum atomic E-state index is 0.575. The molecule has 2 N–H and O–H groups in total. The van der Waals surface area contributed by atoms with Crippen LogP contribution in [0.4, 0.5) is 0 Å². The van der Waals surface area contributed by atoms with Gasteiger partial charge in [0.15, 0.2) is 0 Å². The van der Waals surface area contributed by atoms with Crippen LogP contribution in [0.5, 0.6) is 0 Å². The number of hydrogen-bond acceptors (Lipinski definition) is 3. The molecule has 0 saturated heterocycles. The first-order chi connectivity index (χ1) is 9.31. The Bertz CT molecular complexity index is 720. The Morgan fingerprint density at radius 1 is 1.11 bits per heavy atom. The molecule has 19 heavy (non-hydrogen) atoms. The lowest BCUT2D eigenvalue weighted by Crippen LogP contribution is -2.09. The summed E-state index contributed by atoms with van der Waals surface area (Å²) in [5, 5.41) is 2.23. The first-order valence-corrected chi connectivity index (χ1v) is 6.86. The van der Waals surface area contributed by atoms with Crippen molar-refractivity contribution in [1.29, 1.82) is 0 Å². The van der Waals surface area contributed by atoms with Crippen molar-refractivity contribution < 1.29 is 0 Å². The number of pyridine rings is 1. The van der Waals surface area contributed by atoms with Gasteiger partial charge in [0.2, 0.25) is 0 Å². The van der Waals surface area contributed by atoms with Gasteiger partial charge in [-0.25, -0.2) is 9.97 Å². The maximum atomic E-state index is 5.62. The van der Waals surface area contributed by atoms with E-state index in [4.69, 9.17) is 5.73 Å². The zero-order chi connectivity index (χ0) is 13.2. The van der Waals surface area contributed by atoms with Crippen LogP contribution in [0, 0.1) is 0 Å². The predicted molar refractivity (Wildman–Crippen MR) is 79.3 cm³/mol. The second-order valence-corrected chi connectivity index (χ2v) is 5.08. The molecule has 96 valence electrons. The van der Waals surface area contributed by atoms with Gasteiger partial charge in [0, 0.05) is 40.3 Å². The van der Waals surface area contributed by atoms with Crippen LogP contribution < -0.4 is 5.73 Å². The molecular weight excluding hydrogens is 304 g/mol. The third kappa shape index (κ3) is 2.15. The number of aromatic nitrogens is 3. The highest BCUT2D eigenvalue weighted by Gasteiger charge is 2.10. The molecule has 0 aliphatic rings. The number of nitrogens with two attached hydrogens (primary N) is 1. The lowest BCUT2D eigenvalue weighted by atomic mass is 10.1. The van der Waals surface area contributed by atoms with Gasteiger partial charge in [-0.15, -0.1) is 0 Å². The minimum absolute atomic E-state index is 0.575. The molecule has 0 fully saturated rings. The van der Waals surface area contributed by atoms with E-state index in [0.717, 1.165) is 33.3 Å². The summed E-state index contributed by atoms with van der Waals surface area (Å²) < 4.78 is 3.07. The summed E-state index contributed by atoms with van der Waals surface area (Å²) in [5.74, 6) is 1.82. The number of rotatable bonds is 3. The number of halogens is 1. The summed E-state index contributed by atoms with van der Waals surface area (Å²) in [4.78, 5) is 8.84. The van der Waals surface area contributed by atoms with Gasteiger partial charge >= 0.3 is 0 Å². The van der Waals surface area contributed by atoms with Crippen LogP contribution in [0.2, 0.25) is 0 Å². The van der Waals surface area contributed by atoms with Gasteiger partial charge < -0.3 is 5.73 Å². The Balaban J connectivity index is 2.25. The van der Waals surface area contributed by atoms with Gasteiger partial charge in [0.1, 0.15) is 11.6 Å². The third-order valence-electron chi connectivity index (χ3n) is 3.05. The summed E-state index contributed by atoms with van der Waals surface area (Å²) in [6.45, 7) is 0.575. The molecule has 5 heteroatoms. The zero-order valence-corrected chi connectivity index (χ0v) is 11.8. The van der Waals surface area contributed by atoms with Crippen LogP contribution in [-0.2, 0) is 6.42 Å². The number of benzene rings is 1. The van der Waals surface area contributed by atoms with Crippen LogP contribution in [0.15, 0.2) is 47.3 Å². The fourth-order valence-corrected chi connectivity index (χ4v) is 2.68. The molecule has 4 nitrogen and oxygen atoms in total. The largest absolute Gasteiger partial charge is 0.330 e. The minimum Gasteiger partial charge on any atom is -0.330 e. The van der Waals surface area contributed by atoms with Gasteiger partial charge in [-0.1, -0.05) is 28.1 Å². The molecule has 0 spiro atoms. The van der Waals surface area contributed by atoms with E-state index in [-0.39, 0.29) is 0 Å². The van der Waals surface area contributed by atoms with E-state index in [9.17, 15) is 0 Å². The summed E-state index contributed by atoms with van der Waals surface area (Å²) in [5.41, 5.74) is 5.62. The molecule has 2 aromatic heterocycles. The smallest absolute Gasteiger partial charge is 0.145 e. The summed E-state index contributed by atoms with van der Waals surface area (Å²) in [6, 6.07) is 8.11. The zero-order valence-electron chi connectivity index (χ0n) is 10.3. The summed E-state index contributed by atoms with van der Waals surface area (Å²) in [6.07, 6.45) is 6.25. The molecule has 0 bridgehead atoms. The van der Waals surface area contributed by atoms with E-state index in [1.807, 2.05) is 35.2 Å². The highest BCUT2D eigenvalue weighted by molar-refractivity contribution is 9.10. The maximum absolute atomic E-state index is 5.62. The second kappa shape index (κ2) is 5.11. The van der Waals surface area contributed by atoms with Crippen molar-refractivity contribution in [3.8, 4) is 5.82 Å². The molecule has 3 aromatic rings. The van der Waals surface area contributed by atoms with Crippen molar-refractivity contribution in [3.05, 3.63) is 53.2 Å². The number of imidazole rings is 1. The van der Waals surface area contributed by atoms with Crippen molar-refractivity contribution in [2.75, 3.05) is 6.54 Å².